The molecule has 4 nitrogen and oxygen atoms in total. The molecule has 0 aromatic heterocycles. The Balaban J connectivity index is 3.95. The van der Waals surface area contributed by atoms with Crippen molar-refractivity contribution in [2.75, 3.05) is 27.4 Å². The molecular weight excluding hydrogens is 335 g/mol. The molecule has 0 N–H and O–H groups in total. The molecule has 0 aliphatic rings. The highest BCUT2D eigenvalue weighted by atomic mass is 127. The van der Waals surface area contributed by atoms with Crippen LogP contribution in [0.5, 0.6) is 0 Å². The Bertz CT molecular complexity index is 249. The van der Waals surface area contributed by atoms with Gasteiger partial charge in [0.2, 0.25) is 0 Å². The van der Waals surface area contributed by atoms with E-state index in [1.165, 1.54) is 0 Å². The van der Waals surface area contributed by atoms with Crippen molar-refractivity contribution in [3.8, 4) is 0 Å². The van der Waals surface area contributed by atoms with Crippen molar-refractivity contribution in [2.45, 2.75) is 39.3 Å². The van der Waals surface area contributed by atoms with Gasteiger partial charge in [0, 0.05) is 17.8 Å². The normalized spacial score (nSPS) is 14.2. The van der Waals surface area contributed by atoms with Crippen LogP contribution >= 0.6 is 22.6 Å². The largest absolute Gasteiger partial charge is 0.354 e. The first kappa shape index (κ1) is 17.3. The van der Waals surface area contributed by atoms with E-state index in [0.29, 0.717) is 13.2 Å². The van der Waals surface area contributed by atoms with Gasteiger partial charge in [0.15, 0.2) is 11.6 Å². The van der Waals surface area contributed by atoms with Crippen LogP contribution in [0.15, 0.2) is 9.66 Å². The number of rotatable bonds is 8. The Morgan fingerprint density at radius 3 is 1.94 bits per heavy atom. The van der Waals surface area contributed by atoms with Crippen molar-refractivity contribution in [3.63, 3.8) is 0 Å². The second kappa shape index (κ2) is 7.68. The van der Waals surface area contributed by atoms with Gasteiger partial charge in [-0.25, -0.2) is 0 Å². The van der Waals surface area contributed by atoms with Gasteiger partial charge in [0.1, 0.15) is 0 Å². The van der Waals surface area contributed by atoms with Crippen LogP contribution in [-0.2, 0) is 18.9 Å². The second-order valence-corrected chi connectivity index (χ2v) is 5.84. The molecule has 0 rings (SSSR count). The van der Waals surface area contributed by atoms with E-state index in [0.717, 1.165) is 3.58 Å². The molecule has 102 valence electrons. The minimum Gasteiger partial charge on any atom is -0.354 e. The van der Waals surface area contributed by atoms with Crippen molar-refractivity contribution in [2.24, 2.45) is 0 Å². The summed E-state index contributed by atoms with van der Waals surface area (Å²) in [5.74, 6) is -1.11. The molecule has 0 atom stereocenters. The van der Waals surface area contributed by atoms with Crippen molar-refractivity contribution < 1.29 is 18.9 Å². The van der Waals surface area contributed by atoms with Crippen molar-refractivity contribution in [3.05, 3.63) is 9.66 Å². The lowest BCUT2D eigenvalue weighted by Crippen LogP contribution is -2.27. The summed E-state index contributed by atoms with van der Waals surface area (Å²) in [4.78, 5) is 0. The summed E-state index contributed by atoms with van der Waals surface area (Å²) in [7, 11) is 3.25. The summed E-state index contributed by atoms with van der Waals surface area (Å²) in [6.45, 7) is 8.51. The van der Waals surface area contributed by atoms with Gasteiger partial charge in [-0.05, 0) is 56.4 Å². The molecule has 0 aliphatic heterocycles. The van der Waals surface area contributed by atoms with Crippen molar-refractivity contribution in [1.29, 1.82) is 0 Å². The molecule has 0 saturated heterocycles. The Morgan fingerprint density at radius 2 is 1.47 bits per heavy atom. The molecule has 0 spiro atoms. The van der Waals surface area contributed by atoms with Gasteiger partial charge in [-0.3, -0.25) is 0 Å². The van der Waals surface area contributed by atoms with E-state index in [1.807, 2.05) is 33.8 Å². The van der Waals surface area contributed by atoms with Crippen molar-refractivity contribution >= 4 is 22.6 Å². The molecule has 0 radical (unpaired) electrons. The summed E-state index contributed by atoms with van der Waals surface area (Å²) < 4.78 is 22.5. The molecule has 0 heterocycles. The molecule has 0 aromatic rings. The number of hydrogen-bond donors (Lipinski definition) is 0. The summed E-state index contributed by atoms with van der Waals surface area (Å²) in [5, 5.41) is 0. The maximum atomic E-state index is 5.56. The lowest BCUT2D eigenvalue weighted by Gasteiger charge is -2.24. The lowest BCUT2D eigenvalue weighted by molar-refractivity contribution is -0.192. The van der Waals surface area contributed by atoms with E-state index in [2.05, 4.69) is 22.6 Å². The van der Waals surface area contributed by atoms with Gasteiger partial charge < -0.3 is 18.9 Å². The number of halogens is 1. The zero-order valence-electron chi connectivity index (χ0n) is 11.5. The SMILES string of the molecule is COC(C)(C)OC/C=C(\I)COC(C)(C)OC. The first-order valence-corrected chi connectivity index (χ1v) is 6.53. The van der Waals surface area contributed by atoms with E-state index in [4.69, 9.17) is 18.9 Å². The van der Waals surface area contributed by atoms with Gasteiger partial charge in [0.05, 0.1) is 13.2 Å². The molecule has 0 saturated carbocycles. The molecule has 0 fully saturated rings. The van der Waals surface area contributed by atoms with Gasteiger partial charge in [-0.15, -0.1) is 0 Å². The van der Waals surface area contributed by atoms with Crippen LogP contribution < -0.4 is 0 Å². The van der Waals surface area contributed by atoms with Crippen LogP contribution in [-0.4, -0.2) is 39.0 Å². The highest BCUT2D eigenvalue weighted by Gasteiger charge is 2.17. The number of hydrogen-bond acceptors (Lipinski definition) is 4. The number of ether oxygens (including phenoxy) is 4. The van der Waals surface area contributed by atoms with E-state index in [1.54, 1.807) is 14.2 Å². The zero-order valence-corrected chi connectivity index (χ0v) is 13.7. The van der Waals surface area contributed by atoms with E-state index < -0.39 is 11.6 Å². The average Bonchev–Trinajstić information content (AvgIpc) is 2.26. The van der Waals surface area contributed by atoms with Gasteiger partial charge >= 0.3 is 0 Å². The predicted molar refractivity (Wildman–Crippen MR) is 76.2 cm³/mol. The molecular formula is C12H23IO4. The summed E-state index contributed by atoms with van der Waals surface area (Å²) in [6, 6.07) is 0. The van der Waals surface area contributed by atoms with E-state index in [9.17, 15) is 0 Å². The minimum absolute atomic E-state index is 0.496. The highest BCUT2D eigenvalue weighted by Crippen LogP contribution is 2.15. The second-order valence-electron chi connectivity index (χ2n) is 4.46. The molecule has 0 aromatic carbocycles. The Labute approximate surface area is 118 Å². The fourth-order valence-electron chi connectivity index (χ4n) is 0.752. The zero-order chi connectivity index (χ0) is 13.5. The van der Waals surface area contributed by atoms with Gasteiger partial charge in [-0.2, -0.15) is 0 Å². The highest BCUT2D eigenvalue weighted by molar-refractivity contribution is 14.1. The van der Waals surface area contributed by atoms with E-state index in [-0.39, 0.29) is 0 Å². The predicted octanol–water partition coefficient (Wildman–Crippen LogP) is 3.10. The third-order valence-corrected chi connectivity index (χ3v) is 3.03. The third kappa shape index (κ3) is 8.96. The topological polar surface area (TPSA) is 36.9 Å². The number of methoxy groups -OCH3 is 2. The fraction of sp³-hybridized carbons (Fsp3) is 0.833. The van der Waals surface area contributed by atoms with Crippen molar-refractivity contribution in [1.82, 2.24) is 0 Å². The molecule has 5 heteroatoms. The standard InChI is InChI=1S/C12H23IO4/c1-11(2,14-5)16-8-7-10(13)9-17-12(3,4)15-6/h7H,8-9H2,1-6H3/b10-7-. The van der Waals surface area contributed by atoms with Crippen LogP contribution in [0.2, 0.25) is 0 Å². The molecule has 0 unspecified atom stereocenters. The minimum atomic E-state index is -0.559. The summed E-state index contributed by atoms with van der Waals surface area (Å²) in [6.07, 6.45) is 1.97. The van der Waals surface area contributed by atoms with Crippen LogP contribution in [0.3, 0.4) is 0 Å². The quantitative estimate of drug-likeness (QED) is 0.494. The van der Waals surface area contributed by atoms with Crippen LogP contribution in [0.25, 0.3) is 0 Å². The maximum absolute atomic E-state index is 5.56. The lowest BCUT2D eigenvalue weighted by atomic mass is 10.4. The Kier molecular flexibility index (Phi) is 7.82. The average molecular weight is 358 g/mol. The fourth-order valence-corrected chi connectivity index (χ4v) is 1.09. The van der Waals surface area contributed by atoms with Crippen LogP contribution in [0, 0.1) is 0 Å². The third-order valence-electron chi connectivity index (χ3n) is 2.28. The molecule has 0 amide bonds. The first-order valence-electron chi connectivity index (χ1n) is 5.45. The Hall–Kier alpha value is 0.310. The molecule has 0 bridgehead atoms. The smallest absolute Gasteiger partial charge is 0.162 e. The molecule has 0 aliphatic carbocycles. The van der Waals surface area contributed by atoms with Gasteiger partial charge in [-0.1, -0.05) is 0 Å². The first-order chi connectivity index (χ1) is 7.72. The van der Waals surface area contributed by atoms with E-state index >= 15 is 0 Å². The summed E-state index contributed by atoms with van der Waals surface area (Å²) >= 11 is 2.22. The summed E-state index contributed by atoms with van der Waals surface area (Å²) in [5.41, 5.74) is 0. The maximum Gasteiger partial charge on any atom is 0.162 e. The van der Waals surface area contributed by atoms with Crippen LogP contribution in [0.4, 0.5) is 0 Å². The van der Waals surface area contributed by atoms with Gasteiger partial charge in [0.25, 0.3) is 0 Å². The Morgan fingerprint density at radius 1 is 1.00 bits per heavy atom. The molecule has 17 heavy (non-hydrogen) atoms. The monoisotopic (exact) mass is 358 g/mol. The van der Waals surface area contributed by atoms with Crippen LogP contribution in [0.1, 0.15) is 27.7 Å².